The first-order valence-corrected chi connectivity index (χ1v) is 4.54. The predicted molar refractivity (Wildman–Crippen MR) is 48.4 cm³/mol. The molecule has 0 saturated carbocycles. The van der Waals surface area contributed by atoms with Gasteiger partial charge >= 0.3 is 6.09 Å². The molecule has 1 atom stereocenters. The van der Waals surface area contributed by atoms with E-state index in [2.05, 4.69) is 0 Å². The second kappa shape index (κ2) is 3.54. The normalized spacial score (nSPS) is 22.5. The predicted octanol–water partition coefficient (Wildman–Crippen LogP) is 0.988. The van der Waals surface area contributed by atoms with Crippen LogP contribution in [0.25, 0.3) is 0 Å². The Kier molecular flexibility index (Phi) is 2.81. The summed E-state index contributed by atoms with van der Waals surface area (Å²) in [4.78, 5) is 13.0. The van der Waals surface area contributed by atoms with Gasteiger partial charge in [0.1, 0.15) is 5.60 Å². The average molecular weight is 187 g/mol. The minimum absolute atomic E-state index is 0.0270. The van der Waals surface area contributed by atoms with E-state index in [9.17, 15) is 4.79 Å². The molecule has 0 bridgehead atoms. The quantitative estimate of drug-likeness (QED) is 0.666. The first-order chi connectivity index (χ1) is 5.94. The Labute approximate surface area is 78.5 Å². The molecule has 0 aromatic carbocycles. The highest BCUT2D eigenvalue weighted by Crippen LogP contribution is 2.20. The Bertz CT molecular complexity index is 196. The number of nitrogens with zero attached hydrogens (tertiary/aromatic N) is 1. The van der Waals surface area contributed by atoms with Gasteiger partial charge in [-0.1, -0.05) is 0 Å². The maximum absolute atomic E-state index is 11.4. The van der Waals surface area contributed by atoms with Gasteiger partial charge in [0.15, 0.2) is 0 Å². The lowest BCUT2D eigenvalue weighted by Crippen LogP contribution is -2.54. The molecule has 0 aromatic heterocycles. The Morgan fingerprint density at radius 2 is 2.23 bits per heavy atom. The van der Waals surface area contributed by atoms with Crippen LogP contribution in [0.1, 0.15) is 27.2 Å². The number of ether oxygens (including phenoxy) is 1. The van der Waals surface area contributed by atoms with E-state index in [4.69, 9.17) is 9.84 Å². The minimum atomic E-state index is -0.452. The molecule has 4 nitrogen and oxygen atoms in total. The lowest BCUT2D eigenvalue weighted by molar-refractivity contribution is -0.0166. The Hall–Kier alpha value is -0.770. The van der Waals surface area contributed by atoms with E-state index < -0.39 is 5.60 Å². The highest BCUT2D eigenvalue weighted by molar-refractivity contribution is 5.69. The Morgan fingerprint density at radius 3 is 2.54 bits per heavy atom. The van der Waals surface area contributed by atoms with Crippen LogP contribution < -0.4 is 0 Å². The van der Waals surface area contributed by atoms with Gasteiger partial charge in [-0.25, -0.2) is 4.79 Å². The van der Waals surface area contributed by atoms with Gasteiger partial charge in [-0.2, -0.15) is 0 Å². The highest BCUT2D eigenvalue weighted by Gasteiger charge is 2.34. The van der Waals surface area contributed by atoms with E-state index in [-0.39, 0.29) is 18.7 Å². The number of carbonyl (C=O) groups is 1. The topological polar surface area (TPSA) is 49.8 Å². The van der Waals surface area contributed by atoms with E-state index in [1.165, 1.54) is 0 Å². The molecular weight excluding hydrogens is 170 g/mol. The first kappa shape index (κ1) is 10.3. The number of hydrogen-bond donors (Lipinski definition) is 1. The second-order valence-corrected chi connectivity index (χ2v) is 4.30. The molecule has 1 aliphatic rings. The molecular formula is C9H17NO3. The molecule has 1 amide bonds. The van der Waals surface area contributed by atoms with Gasteiger partial charge in [0.25, 0.3) is 0 Å². The van der Waals surface area contributed by atoms with Gasteiger partial charge < -0.3 is 14.7 Å². The number of rotatable bonds is 1. The maximum Gasteiger partial charge on any atom is 0.410 e. The van der Waals surface area contributed by atoms with E-state index in [1.54, 1.807) is 4.90 Å². The molecule has 0 aromatic rings. The molecule has 1 unspecified atom stereocenters. The van der Waals surface area contributed by atoms with Crippen molar-refractivity contribution < 1.29 is 14.6 Å². The van der Waals surface area contributed by atoms with Crippen LogP contribution in [0, 0.1) is 0 Å². The van der Waals surface area contributed by atoms with Crippen LogP contribution >= 0.6 is 0 Å². The smallest absolute Gasteiger partial charge is 0.410 e. The summed E-state index contributed by atoms with van der Waals surface area (Å²) in [5.41, 5.74) is -0.452. The molecule has 13 heavy (non-hydrogen) atoms. The van der Waals surface area contributed by atoms with Gasteiger partial charge in [0.2, 0.25) is 0 Å². The molecule has 4 heteroatoms. The molecule has 0 aliphatic carbocycles. The van der Waals surface area contributed by atoms with Crippen molar-refractivity contribution in [1.29, 1.82) is 0 Å². The monoisotopic (exact) mass is 187 g/mol. The molecule has 1 saturated heterocycles. The molecule has 0 spiro atoms. The Balaban J connectivity index is 2.40. The molecule has 1 fully saturated rings. The molecule has 1 heterocycles. The van der Waals surface area contributed by atoms with Gasteiger partial charge in [-0.15, -0.1) is 0 Å². The van der Waals surface area contributed by atoms with Crippen LogP contribution in [0.3, 0.4) is 0 Å². The van der Waals surface area contributed by atoms with Crippen LogP contribution in [0.5, 0.6) is 0 Å². The van der Waals surface area contributed by atoms with Crippen LogP contribution in [-0.4, -0.2) is 40.9 Å². The van der Waals surface area contributed by atoms with Gasteiger partial charge in [0.05, 0.1) is 12.6 Å². The van der Waals surface area contributed by atoms with Crippen LogP contribution in [0.2, 0.25) is 0 Å². The van der Waals surface area contributed by atoms with Crippen molar-refractivity contribution in [1.82, 2.24) is 4.90 Å². The summed E-state index contributed by atoms with van der Waals surface area (Å²) >= 11 is 0. The van der Waals surface area contributed by atoms with Crippen LogP contribution in [-0.2, 0) is 4.74 Å². The van der Waals surface area contributed by atoms with Crippen molar-refractivity contribution >= 4 is 6.09 Å². The van der Waals surface area contributed by atoms with Crippen LogP contribution in [0.4, 0.5) is 4.79 Å². The minimum Gasteiger partial charge on any atom is -0.444 e. The van der Waals surface area contributed by atoms with Crippen molar-refractivity contribution in [3.63, 3.8) is 0 Å². The fourth-order valence-electron chi connectivity index (χ4n) is 1.19. The number of likely N-dealkylation sites (tertiary alicyclic amines) is 1. The molecule has 1 N–H and O–H groups in total. The fraction of sp³-hybridized carbons (Fsp3) is 0.889. The summed E-state index contributed by atoms with van der Waals surface area (Å²) in [5, 5.41) is 8.85. The van der Waals surface area contributed by atoms with Gasteiger partial charge in [-0.3, -0.25) is 0 Å². The summed E-state index contributed by atoms with van der Waals surface area (Å²) in [5.74, 6) is 0. The van der Waals surface area contributed by atoms with E-state index >= 15 is 0 Å². The van der Waals surface area contributed by atoms with E-state index in [0.29, 0.717) is 6.54 Å². The van der Waals surface area contributed by atoms with Gasteiger partial charge in [-0.05, 0) is 27.2 Å². The zero-order chi connectivity index (χ0) is 10.1. The maximum atomic E-state index is 11.4. The third kappa shape index (κ3) is 2.59. The zero-order valence-corrected chi connectivity index (χ0v) is 8.41. The van der Waals surface area contributed by atoms with Crippen molar-refractivity contribution in [2.24, 2.45) is 0 Å². The lowest BCUT2D eigenvalue weighted by atomic mass is 10.1. The van der Waals surface area contributed by atoms with Crippen molar-refractivity contribution in [2.75, 3.05) is 13.2 Å². The summed E-state index contributed by atoms with van der Waals surface area (Å²) in [6.07, 6.45) is 0.549. The van der Waals surface area contributed by atoms with Crippen molar-refractivity contribution in [3.05, 3.63) is 0 Å². The number of amides is 1. The average Bonchev–Trinajstić information content (AvgIpc) is 1.80. The second-order valence-electron chi connectivity index (χ2n) is 4.30. The van der Waals surface area contributed by atoms with Crippen molar-refractivity contribution in [3.8, 4) is 0 Å². The van der Waals surface area contributed by atoms with Gasteiger partial charge in [0, 0.05) is 6.54 Å². The summed E-state index contributed by atoms with van der Waals surface area (Å²) in [7, 11) is 0. The number of carbonyl (C=O) groups excluding carboxylic acids is 1. The molecule has 0 radical (unpaired) electrons. The highest BCUT2D eigenvalue weighted by atomic mass is 16.6. The number of aliphatic hydroxyl groups excluding tert-OH is 1. The molecule has 76 valence electrons. The van der Waals surface area contributed by atoms with Crippen molar-refractivity contribution in [2.45, 2.75) is 38.8 Å². The number of aliphatic hydroxyl groups is 1. The summed E-state index contributed by atoms with van der Waals surface area (Å²) in [6, 6.07) is -0.0325. The third-order valence-electron chi connectivity index (χ3n) is 1.98. The fourth-order valence-corrected chi connectivity index (χ4v) is 1.19. The summed E-state index contributed by atoms with van der Waals surface area (Å²) in [6.45, 7) is 6.22. The summed E-state index contributed by atoms with van der Waals surface area (Å²) < 4.78 is 5.15. The number of hydrogen-bond acceptors (Lipinski definition) is 3. The standard InChI is InChI=1S/C9H17NO3/c1-9(2,3)13-8(12)10-5-4-7(10)6-11/h7,11H,4-6H2,1-3H3. The van der Waals surface area contributed by atoms with E-state index in [0.717, 1.165) is 6.42 Å². The first-order valence-electron chi connectivity index (χ1n) is 4.54. The largest absolute Gasteiger partial charge is 0.444 e. The van der Waals surface area contributed by atoms with E-state index in [1.807, 2.05) is 20.8 Å². The van der Waals surface area contributed by atoms with Crippen LogP contribution in [0.15, 0.2) is 0 Å². The third-order valence-corrected chi connectivity index (χ3v) is 1.98. The SMILES string of the molecule is CC(C)(C)OC(=O)N1CCC1CO. The molecule has 1 rings (SSSR count). The lowest BCUT2D eigenvalue weighted by Gasteiger charge is -2.40. The zero-order valence-electron chi connectivity index (χ0n) is 8.41. The Morgan fingerprint density at radius 1 is 1.62 bits per heavy atom. The molecule has 1 aliphatic heterocycles.